The van der Waals surface area contributed by atoms with Crippen LogP contribution in [0.1, 0.15) is 33.3 Å². The normalized spacial score (nSPS) is 11.4. The number of nitrogens with one attached hydrogen (secondary N) is 2. The van der Waals surface area contributed by atoms with Crippen molar-refractivity contribution in [1.29, 1.82) is 0 Å². The zero-order chi connectivity index (χ0) is 15.3. The Kier molecular flexibility index (Phi) is 5.27. The van der Waals surface area contributed by atoms with Crippen LogP contribution in [-0.2, 0) is 15.0 Å². The highest BCUT2D eigenvalue weighted by Crippen LogP contribution is 2.24. The summed E-state index contributed by atoms with van der Waals surface area (Å²) in [6, 6.07) is 7.12. The highest BCUT2D eigenvalue weighted by atomic mass is 16.4. The smallest absolute Gasteiger partial charge is 0.313 e. The van der Waals surface area contributed by atoms with Crippen LogP contribution in [0.5, 0.6) is 0 Å². The zero-order valence-electron chi connectivity index (χ0n) is 12.4. The third kappa shape index (κ3) is 4.35. The minimum absolute atomic E-state index is 0.121. The number of carbonyl (C=O) groups excluding carboxylic acids is 1. The fourth-order valence-electron chi connectivity index (χ4n) is 1.60. The van der Waals surface area contributed by atoms with Gasteiger partial charge in [-0.3, -0.25) is 9.59 Å². The SMILES string of the molecule is CC(C)NCC(=O)Nc1ccc(C(C)(C)C(=O)O)cc1. The molecule has 1 rings (SSSR count). The lowest BCUT2D eigenvalue weighted by atomic mass is 9.85. The molecule has 0 fully saturated rings. The van der Waals surface area contributed by atoms with E-state index in [0.717, 1.165) is 0 Å². The fraction of sp³-hybridized carbons (Fsp3) is 0.467. The van der Waals surface area contributed by atoms with E-state index in [4.69, 9.17) is 5.11 Å². The van der Waals surface area contributed by atoms with Crippen molar-refractivity contribution in [3.8, 4) is 0 Å². The Labute approximate surface area is 119 Å². The van der Waals surface area contributed by atoms with Crippen LogP contribution in [0.25, 0.3) is 0 Å². The number of carbonyl (C=O) groups is 2. The van der Waals surface area contributed by atoms with E-state index in [-0.39, 0.29) is 18.5 Å². The van der Waals surface area contributed by atoms with Gasteiger partial charge in [0, 0.05) is 11.7 Å². The molecule has 1 aromatic carbocycles. The van der Waals surface area contributed by atoms with Gasteiger partial charge in [-0.2, -0.15) is 0 Å². The van der Waals surface area contributed by atoms with E-state index < -0.39 is 11.4 Å². The van der Waals surface area contributed by atoms with Gasteiger partial charge >= 0.3 is 5.97 Å². The summed E-state index contributed by atoms with van der Waals surface area (Å²) in [5.41, 5.74) is 0.413. The van der Waals surface area contributed by atoms with Crippen LogP contribution in [0.2, 0.25) is 0 Å². The average molecular weight is 278 g/mol. The molecule has 110 valence electrons. The number of amides is 1. The first-order chi connectivity index (χ1) is 9.23. The quantitative estimate of drug-likeness (QED) is 0.743. The molecule has 5 nitrogen and oxygen atoms in total. The minimum atomic E-state index is -0.943. The predicted octanol–water partition coefficient (Wildman–Crippen LogP) is 1.99. The lowest BCUT2D eigenvalue weighted by Gasteiger charge is -2.20. The van der Waals surface area contributed by atoms with Crippen molar-refractivity contribution in [2.24, 2.45) is 0 Å². The molecule has 5 heteroatoms. The van der Waals surface area contributed by atoms with E-state index in [1.165, 1.54) is 0 Å². The molecule has 0 bridgehead atoms. The van der Waals surface area contributed by atoms with Gasteiger partial charge in [-0.15, -0.1) is 0 Å². The summed E-state index contributed by atoms with van der Waals surface area (Å²) in [7, 11) is 0. The van der Waals surface area contributed by atoms with Gasteiger partial charge in [0.25, 0.3) is 0 Å². The van der Waals surface area contributed by atoms with Crippen LogP contribution < -0.4 is 10.6 Å². The summed E-state index contributed by atoms with van der Waals surface area (Å²) < 4.78 is 0. The molecule has 0 aliphatic rings. The van der Waals surface area contributed by atoms with Gasteiger partial charge in [-0.05, 0) is 31.5 Å². The van der Waals surface area contributed by atoms with Gasteiger partial charge in [0.2, 0.25) is 5.91 Å². The van der Waals surface area contributed by atoms with Crippen LogP contribution in [0, 0.1) is 0 Å². The number of rotatable bonds is 6. The Balaban J connectivity index is 2.68. The van der Waals surface area contributed by atoms with Gasteiger partial charge in [0.05, 0.1) is 12.0 Å². The van der Waals surface area contributed by atoms with Crippen molar-refractivity contribution in [2.45, 2.75) is 39.2 Å². The van der Waals surface area contributed by atoms with E-state index in [9.17, 15) is 9.59 Å². The number of carboxylic acids is 1. The third-order valence-corrected chi connectivity index (χ3v) is 3.10. The first kappa shape index (κ1) is 16.2. The number of benzene rings is 1. The topological polar surface area (TPSA) is 78.4 Å². The van der Waals surface area contributed by atoms with Crippen molar-refractivity contribution in [3.63, 3.8) is 0 Å². The number of anilines is 1. The summed E-state index contributed by atoms with van der Waals surface area (Å²) in [5, 5.41) is 14.9. The zero-order valence-corrected chi connectivity index (χ0v) is 12.4. The molecule has 0 heterocycles. The largest absolute Gasteiger partial charge is 0.481 e. The maximum atomic E-state index is 11.6. The average Bonchev–Trinajstić information content (AvgIpc) is 2.37. The molecule has 0 saturated carbocycles. The molecule has 0 aliphatic carbocycles. The maximum Gasteiger partial charge on any atom is 0.313 e. The summed E-state index contributed by atoms with van der Waals surface area (Å²) in [6.07, 6.45) is 0. The van der Waals surface area contributed by atoms with Crippen molar-refractivity contribution >= 4 is 17.6 Å². The second-order valence-corrected chi connectivity index (χ2v) is 5.59. The van der Waals surface area contributed by atoms with Crippen LogP contribution in [0.3, 0.4) is 0 Å². The van der Waals surface area contributed by atoms with Crippen LogP contribution >= 0.6 is 0 Å². The molecule has 0 spiro atoms. The number of hydrogen-bond donors (Lipinski definition) is 3. The van der Waals surface area contributed by atoms with E-state index in [2.05, 4.69) is 10.6 Å². The second-order valence-electron chi connectivity index (χ2n) is 5.59. The molecule has 3 N–H and O–H groups in total. The van der Waals surface area contributed by atoms with Crippen LogP contribution in [-0.4, -0.2) is 29.6 Å². The summed E-state index contributed by atoms with van der Waals surface area (Å²) in [6.45, 7) is 7.48. The Morgan fingerprint density at radius 2 is 1.75 bits per heavy atom. The number of carboxylic acid groups (broad SMARTS) is 1. The molecular formula is C15H22N2O3. The van der Waals surface area contributed by atoms with Gasteiger partial charge in [0.15, 0.2) is 0 Å². The monoisotopic (exact) mass is 278 g/mol. The summed E-state index contributed by atoms with van der Waals surface area (Å²) in [5.74, 6) is -1.00. The molecule has 0 unspecified atom stereocenters. The molecular weight excluding hydrogens is 256 g/mol. The van der Waals surface area contributed by atoms with E-state index in [1.54, 1.807) is 38.1 Å². The maximum absolute atomic E-state index is 11.6. The van der Waals surface area contributed by atoms with Crippen LogP contribution in [0.4, 0.5) is 5.69 Å². The standard InChI is InChI=1S/C15H22N2O3/c1-10(2)16-9-13(18)17-12-7-5-11(6-8-12)15(3,4)14(19)20/h5-8,10,16H,9H2,1-4H3,(H,17,18)(H,19,20). The van der Waals surface area contributed by atoms with Gasteiger partial charge in [0.1, 0.15) is 0 Å². The first-order valence-corrected chi connectivity index (χ1v) is 6.60. The van der Waals surface area contributed by atoms with Crippen molar-refractivity contribution in [3.05, 3.63) is 29.8 Å². The van der Waals surface area contributed by atoms with E-state index >= 15 is 0 Å². The molecule has 0 radical (unpaired) electrons. The van der Waals surface area contributed by atoms with E-state index in [0.29, 0.717) is 11.3 Å². The van der Waals surface area contributed by atoms with Crippen LogP contribution in [0.15, 0.2) is 24.3 Å². The molecule has 0 aromatic heterocycles. The van der Waals surface area contributed by atoms with Crippen molar-refractivity contribution in [2.75, 3.05) is 11.9 Å². The first-order valence-electron chi connectivity index (χ1n) is 6.60. The molecule has 0 saturated heterocycles. The van der Waals surface area contributed by atoms with Crippen molar-refractivity contribution in [1.82, 2.24) is 5.32 Å². The molecule has 1 amide bonds. The Hall–Kier alpha value is -1.88. The molecule has 1 aromatic rings. The van der Waals surface area contributed by atoms with Gasteiger partial charge < -0.3 is 15.7 Å². The lowest BCUT2D eigenvalue weighted by Crippen LogP contribution is -2.32. The number of hydrogen-bond acceptors (Lipinski definition) is 3. The molecule has 0 atom stereocenters. The highest BCUT2D eigenvalue weighted by molar-refractivity contribution is 5.92. The van der Waals surface area contributed by atoms with Gasteiger partial charge in [-0.25, -0.2) is 0 Å². The van der Waals surface area contributed by atoms with Crippen molar-refractivity contribution < 1.29 is 14.7 Å². The minimum Gasteiger partial charge on any atom is -0.481 e. The van der Waals surface area contributed by atoms with Gasteiger partial charge in [-0.1, -0.05) is 26.0 Å². The van der Waals surface area contributed by atoms with E-state index in [1.807, 2.05) is 13.8 Å². The Morgan fingerprint density at radius 3 is 2.20 bits per heavy atom. The molecule has 0 aliphatic heterocycles. The fourth-order valence-corrected chi connectivity index (χ4v) is 1.60. The Bertz CT molecular complexity index is 478. The highest BCUT2D eigenvalue weighted by Gasteiger charge is 2.29. The molecule has 20 heavy (non-hydrogen) atoms. The summed E-state index contributed by atoms with van der Waals surface area (Å²) in [4.78, 5) is 22.8. The second kappa shape index (κ2) is 6.52. The number of aliphatic carboxylic acids is 1. The lowest BCUT2D eigenvalue weighted by molar-refractivity contribution is -0.142. The third-order valence-electron chi connectivity index (χ3n) is 3.10. The predicted molar refractivity (Wildman–Crippen MR) is 78.9 cm³/mol. The summed E-state index contributed by atoms with van der Waals surface area (Å²) >= 11 is 0. The Morgan fingerprint density at radius 1 is 1.20 bits per heavy atom.